The van der Waals surface area contributed by atoms with Gasteiger partial charge in [0, 0.05) is 0 Å². The fraction of sp³-hybridized carbons (Fsp3) is 0.625. The van der Waals surface area contributed by atoms with E-state index in [4.69, 9.17) is 5.73 Å². The van der Waals surface area contributed by atoms with E-state index in [2.05, 4.69) is 19.1 Å². The summed E-state index contributed by atoms with van der Waals surface area (Å²) in [6.45, 7) is 2.27. The highest BCUT2D eigenvalue weighted by Gasteiger charge is 2.16. The van der Waals surface area contributed by atoms with Gasteiger partial charge in [0.1, 0.15) is 0 Å². The molecular formula is C24H39NO. The van der Waals surface area contributed by atoms with Crippen molar-refractivity contribution in [3.05, 3.63) is 48.0 Å². The van der Waals surface area contributed by atoms with Crippen LogP contribution in [0.4, 0.5) is 0 Å². The molecule has 26 heavy (non-hydrogen) atoms. The standard InChI is InChI=1S/C24H39NO/c1-2-3-4-5-6-7-8-9-10-11-12-13-14-18-21-23(24(25)26)22-19-16-15-17-20-22/h9-10,15-17,19-20,23H,2-8,11-14,18,21H2,1H3,(H2,25,26). The molecule has 1 unspecified atom stereocenters. The maximum Gasteiger partial charge on any atom is 0.224 e. The first-order chi connectivity index (χ1) is 12.8. The lowest BCUT2D eigenvalue weighted by molar-refractivity contribution is -0.119. The zero-order valence-electron chi connectivity index (χ0n) is 16.8. The highest BCUT2D eigenvalue weighted by Crippen LogP contribution is 2.22. The van der Waals surface area contributed by atoms with Gasteiger partial charge in [-0.3, -0.25) is 4.79 Å². The molecule has 1 aromatic rings. The molecule has 1 amide bonds. The van der Waals surface area contributed by atoms with E-state index in [9.17, 15) is 4.79 Å². The highest BCUT2D eigenvalue weighted by molar-refractivity contribution is 5.81. The lowest BCUT2D eigenvalue weighted by Gasteiger charge is -2.13. The molecule has 0 heterocycles. The molecule has 2 heteroatoms. The third-order valence-corrected chi connectivity index (χ3v) is 5.05. The summed E-state index contributed by atoms with van der Waals surface area (Å²) >= 11 is 0. The topological polar surface area (TPSA) is 43.1 Å². The minimum absolute atomic E-state index is 0.131. The van der Waals surface area contributed by atoms with Gasteiger partial charge in [-0.15, -0.1) is 0 Å². The molecule has 2 nitrogen and oxygen atoms in total. The molecule has 1 rings (SSSR count). The van der Waals surface area contributed by atoms with Gasteiger partial charge in [-0.1, -0.05) is 101 Å². The number of allylic oxidation sites excluding steroid dienone is 2. The van der Waals surface area contributed by atoms with Gasteiger partial charge in [-0.25, -0.2) is 0 Å². The van der Waals surface area contributed by atoms with Crippen molar-refractivity contribution in [2.75, 3.05) is 0 Å². The first kappa shape index (κ1) is 22.5. The van der Waals surface area contributed by atoms with Crippen molar-refractivity contribution >= 4 is 5.91 Å². The molecule has 0 fully saturated rings. The molecule has 0 radical (unpaired) electrons. The Morgan fingerprint density at radius 2 is 1.38 bits per heavy atom. The van der Waals surface area contributed by atoms with Crippen LogP contribution in [0.15, 0.2) is 42.5 Å². The molecule has 0 aromatic heterocycles. The van der Waals surface area contributed by atoms with Crippen molar-refractivity contribution in [3.8, 4) is 0 Å². The van der Waals surface area contributed by atoms with E-state index >= 15 is 0 Å². The molecule has 2 N–H and O–H groups in total. The van der Waals surface area contributed by atoms with Gasteiger partial charge in [0.2, 0.25) is 5.91 Å². The second-order valence-corrected chi connectivity index (χ2v) is 7.39. The van der Waals surface area contributed by atoms with Crippen LogP contribution in [-0.4, -0.2) is 5.91 Å². The summed E-state index contributed by atoms with van der Waals surface area (Å²) in [7, 11) is 0. The van der Waals surface area contributed by atoms with Crippen LogP contribution in [0.1, 0.15) is 102 Å². The second kappa shape index (κ2) is 15.7. The Morgan fingerprint density at radius 3 is 1.96 bits per heavy atom. The molecule has 146 valence electrons. The van der Waals surface area contributed by atoms with Crippen LogP contribution in [0.25, 0.3) is 0 Å². The summed E-state index contributed by atoms with van der Waals surface area (Å²) < 4.78 is 0. The molecule has 1 aromatic carbocycles. The average molecular weight is 358 g/mol. The van der Waals surface area contributed by atoms with Gasteiger partial charge >= 0.3 is 0 Å². The van der Waals surface area contributed by atoms with Gasteiger partial charge < -0.3 is 5.73 Å². The maximum atomic E-state index is 11.7. The number of primary amides is 1. The smallest absolute Gasteiger partial charge is 0.224 e. The third-order valence-electron chi connectivity index (χ3n) is 5.05. The molecule has 0 bridgehead atoms. The van der Waals surface area contributed by atoms with Crippen LogP contribution in [0.5, 0.6) is 0 Å². The number of unbranched alkanes of at least 4 members (excludes halogenated alkanes) is 10. The van der Waals surface area contributed by atoms with E-state index in [1.807, 2.05) is 30.3 Å². The Bertz CT molecular complexity index is 480. The summed E-state index contributed by atoms with van der Waals surface area (Å²) in [5, 5.41) is 0. The highest BCUT2D eigenvalue weighted by atomic mass is 16.1. The number of hydrogen-bond donors (Lipinski definition) is 1. The number of benzene rings is 1. The van der Waals surface area contributed by atoms with Gasteiger partial charge in [0.15, 0.2) is 0 Å². The Morgan fingerprint density at radius 1 is 0.846 bits per heavy atom. The predicted molar refractivity (Wildman–Crippen MR) is 113 cm³/mol. The molecule has 0 saturated heterocycles. The lowest BCUT2D eigenvalue weighted by Crippen LogP contribution is -2.21. The Hall–Kier alpha value is -1.57. The van der Waals surface area contributed by atoms with E-state index in [1.165, 1.54) is 70.6 Å². The van der Waals surface area contributed by atoms with Crippen LogP contribution in [0.2, 0.25) is 0 Å². The zero-order valence-corrected chi connectivity index (χ0v) is 16.8. The van der Waals surface area contributed by atoms with Crippen LogP contribution in [0, 0.1) is 0 Å². The SMILES string of the molecule is CCCCCCCCC=CCCCCCCC(C(N)=O)c1ccccc1. The zero-order chi connectivity index (χ0) is 18.9. The van der Waals surface area contributed by atoms with Gasteiger partial charge in [-0.05, 0) is 37.7 Å². The summed E-state index contributed by atoms with van der Waals surface area (Å²) in [6.07, 6.45) is 21.0. The summed E-state index contributed by atoms with van der Waals surface area (Å²) in [6, 6.07) is 9.93. The fourth-order valence-corrected chi connectivity index (χ4v) is 3.40. The largest absolute Gasteiger partial charge is 0.369 e. The minimum Gasteiger partial charge on any atom is -0.369 e. The predicted octanol–water partition coefficient (Wildman–Crippen LogP) is 6.90. The molecule has 0 saturated carbocycles. The number of amides is 1. The third kappa shape index (κ3) is 11.1. The van der Waals surface area contributed by atoms with Crippen molar-refractivity contribution in [2.45, 2.75) is 96.3 Å². The fourth-order valence-electron chi connectivity index (χ4n) is 3.40. The number of hydrogen-bond acceptors (Lipinski definition) is 1. The number of rotatable bonds is 16. The normalized spacial score (nSPS) is 12.5. The van der Waals surface area contributed by atoms with Crippen LogP contribution < -0.4 is 5.73 Å². The van der Waals surface area contributed by atoms with Gasteiger partial charge in [0.05, 0.1) is 5.92 Å². The number of carbonyl (C=O) groups excluding carboxylic acids is 1. The minimum atomic E-state index is -0.200. The monoisotopic (exact) mass is 357 g/mol. The van der Waals surface area contributed by atoms with E-state index in [-0.39, 0.29) is 11.8 Å². The summed E-state index contributed by atoms with van der Waals surface area (Å²) in [4.78, 5) is 11.7. The quantitative estimate of drug-likeness (QED) is 0.254. The molecule has 0 aliphatic rings. The van der Waals surface area contributed by atoms with Crippen LogP contribution in [0.3, 0.4) is 0 Å². The Labute approximate surface area is 161 Å². The number of nitrogens with two attached hydrogens (primary N) is 1. The van der Waals surface area contributed by atoms with E-state index in [0.29, 0.717) is 0 Å². The molecule has 0 aliphatic heterocycles. The van der Waals surface area contributed by atoms with E-state index in [0.717, 1.165) is 18.4 Å². The van der Waals surface area contributed by atoms with Crippen molar-refractivity contribution in [1.82, 2.24) is 0 Å². The molecular weight excluding hydrogens is 318 g/mol. The lowest BCUT2D eigenvalue weighted by atomic mass is 9.92. The Balaban J connectivity index is 2.00. The van der Waals surface area contributed by atoms with Crippen molar-refractivity contribution < 1.29 is 4.79 Å². The molecule has 0 aliphatic carbocycles. The van der Waals surface area contributed by atoms with E-state index in [1.54, 1.807) is 0 Å². The van der Waals surface area contributed by atoms with Crippen LogP contribution in [-0.2, 0) is 4.79 Å². The summed E-state index contributed by atoms with van der Waals surface area (Å²) in [5.74, 6) is -0.331. The average Bonchev–Trinajstić information content (AvgIpc) is 2.65. The van der Waals surface area contributed by atoms with Crippen LogP contribution >= 0.6 is 0 Å². The van der Waals surface area contributed by atoms with E-state index < -0.39 is 0 Å². The van der Waals surface area contributed by atoms with Gasteiger partial charge in [-0.2, -0.15) is 0 Å². The molecule has 0 spiro atoms. The molecule has 1 atom stereocenters. The van der Waals surface area contributed by atoms with Crippen molar-refractivity contribution in [2.24, 2.45) is 5.73 Å². The number of carbonyl (C=O) groups is 1. The van der Waals surface area contributed by atoms with Gasteiger partial charge in [0.25, 0.3) is 0 Å². The first-order valence-corrected chi connectivity index (χ1v) is 10.7. The van der Waals surface area contributed by atoms with Crippen molar-refractivity contribution in [3.63, 3.8) is 0 Å². The summed E-state index contributed by atoms with van der Waals surface area (Å²) in [5.41, 5.74) is 6.63. The Kier molecular flexibility index (Phi) is 13.5. The maximum absolute atomic E-state index is 11.7. The second-order valence-electron chi connectivity index (χ2n) is 7.39. The van der Waals surface area contributed by atoms with Crippen molar-refractivity contribution in [1.29, 1.82) is 0 Å². The first-order valence-electron chi connectivity index (χ1n) is 10.7.